The Balaban J connectivity index is 1.91. The molecule has 0 spiro atoms. The van der Waals surface area contributed by atoms with Crippen LogP contribution >= 0.6 is 11.3 Å². The van der Waals surface area contributed by atoms with Gasteiger partial charge in [0.1, 0.15) is 0 Å². The van der Waals surface area contributed by atoms with Crippen LogP contribution in [0.1, 0.15) is 45.3 Å². The Morgan fingerprint density at radius 2 is 2.28 bits per heavy atom. The number of thiazole rings is 1. The Hall–Kier alpha value is -0.940. The number of amides is 1. The standard InChI is InChI=1S/C13H21N3OS/c1-4-14-9(3)11-7-18-13(15-11)16-12(17)8(2)10-5-6-10/h7-10,14H,4-6H2,1-3H3,(H,15,16,17). The van der Waals surface area contributed by atoms with Crippen LogP contribution in [-0.4, -0.2) is 17.4 Å². The number of carbonyl (C=O) groups is 1. The summed E-state index contributed by atoms with van der Waals surface area (Å²) < 4.78 is 0. The van der Waals surface area contributed by atoms with Crippen LogP contribution in [0, 0.1) is 11.8 Å². The molecular weight excluding hydrogens is 246 g/mol. The number of rotatable bonds is 6. The van der Waals surface area contributed by atoms with Crippen molar-refractivity contribution in [3.8, 4) is 0 Å². The van der Waals surface area contributed by atoms with E-state index < -0.39 is 0 Å². The zero-order valence-electron chi connectivity index (χ0n) is 11.2. The van der Waals surface area contributed by atoms with Crippen molar-refractivity contribution in [2.75, 3.05) is 11.9 Å². The van der Waals surface area contributed by atoms with Gasteiger partial charge in [-0.2, -0.15) is 0 Å². The van der Waals surface area contributed by atoms with Gasteiger partial charge in [-0.05, 0) is 32.2 Å². The number of hydrogen-bond donors (Lipinski definition) is 2. The molecule has 1 aliphatic rings. The molecule has 1 aromatic heterocycles. The highest BCUT2D eigenvalue weighted by atomic mass is 32.1. The molecule has 0 aromatic carbocycles. The fraction of sp³-hybridized carbons (Fsp3) is 0.692. The molecule has 100 valence electrons. The zero-order chi connectivity index (χ0) is 13.1. The van der Waals surface area contributed by atoms with Gasteiger partial charge in [-0.3, -0.25) is 4.79 Å². The van der Waals surface area contributed by atoms with Crippen molar-refractivity contribution in [2.45, 2.75) is 39.7 Å². The molecular formula is C13H21N3OS. The van der Waals surface area contributed by atoms with Gasteiger partial charge in [0.25, 0.3) is 0 Å². The summed E-state index contributed by atoms with van der Waals surface area (Å²) in [5.41, 5.74) is 0.997. The van der Waals surface area contributed by atoms with E-state index in [9.17, 15) is 4.79 Å². The first kappa shape index (κ1) is 13.5. The SMILES string of the molecule is CCNC(C)c1csc(NC(=O)C(C)C2CC2)n1. The number of hydrogen-bond acceptors (Lipinski definition) is 4. The Kier molecular flexibility index (Phi) is 4.35. The summed E-state index contributed by atoms with van der Waals surface area (Å²) in [5.74, 6) is 0.808. The van der Waals surface area contributed by atoms with Gasteiger partial charge in [0, 0.05) is 17.3 Å². The Bertz CT molecular complexity index is 414. The summed E-state index contributed by atoms with van der Waals surface area (Å²) in [4.78, 5) is 16.4. The number of aromatic nitrogens is 1. The van der Waals surface area contributed by atoms with Crippen molar-refractivity contribution in [2.24, 2.45) is 11.8 Å². The highest BCUT2D eigenvalue weighted by molar-refractivity contribution is 7.13. The van der Waals surface area contributed by atoms with Crippen molar-refractivity contribution < 1.29 is 4.79 Å². The van der Waals surface area contributed by atoms with Crippen molar-refractivity contribution in [1.29, 1.82) is 0 Å². The first-order chi connectivity index (χ1) is 8.61. The number of carbonyl (C=O) groups excluding carboxylic acids is 1. The van der Waals surface area contributed by atoms with E-state index in [4.69, 9.17) is 0 Å². The molecule has 4 nitrogen and oxygen atoms in total. The summed E-state index contributed by atoms with van der Waals surface area (Å²) >= 11 is 1.50. The summed E-state index contributed by atoms with van der Waals surface area (Å²) in [7, 11) is 0. The second-order valence-corrected chi connectivity index (χ2v) is 5.83. The maximum atomic E-state index is 11.9. The van der Waals surface area contributed by atoms with E-state index in [1.54, 1.807) is 0 Å². The molecule has 0 radical (unpaired) electrons. The molecule has 2 atom stereocenters. The lowest BCUT2D eigenvalue weighted by atomic mass is 10.1. The van der Waals surface area contributed by atoms with Crippen molar-refractivity contribution >= 4 is 22.4 Å². The highest BCUT2D eigenvalue weighted by Gasteiger charge is 2.32. The van der Waals surface area contributed by atoms with Gasteiger partial charge < -0.3 is 10.6 Å². The number of anilines is 1. The molecule has 1 aliphatic carbocycles. The molecule has 2 N–H and O–H groups in total. The van der Waals surface area contributed by atoms with Gasteiger partial charge in [0.05, 0.1) is 5.69 Å². The van der Waals surface area contributed by atoms with Gasteiger partial charge in [-0.25, -0.2) is 4.98 Å². The van der Waals surface area contributed by atoms with Gasteiger partial charge in [-0.15, -0.1) is 11.3 Å². The van der Waals surface area contributed by atoms with E-state index in [2.05, 4.69) is 29.5 Å². The quantitative estimate of drug-likeness (QED) is 0.833. The summed E-state index contributed by atoms with van der Waals surface area (Å²) in [6.07, 6.45) is 2.38. The van der Waals surface area contributed by atoms with E-state index in [1.807, 2.05) is 12.3 Å². The second-order valence-electron chi connectivity index (χ2n) is 4.97. The monoisotopic (exact) mass is 267 g/mol. The molecule has 0 saturated heterocycles. The lowest BCUT2D eigenvalue weighted by molar-refractivity contribution is -0.119. The fourth-order valence-electron chi connectivity index (χ4n) is 1.98. The largest absolute Gasteiger partial charge is 0.309 e. The number of nitrogens with one attached hydrogen (secondary N) is 2. The van der Waals surface area contributed by atoms with Crippen LogP contribution in [0.2, 0.25) is 0 Å². The van der Waals surface area contributed by atoms with Gasteiger partial charge >= 0.3 is 0 Å². The first-order valence-corrected chi connectivity index (χ1v) is 7.49. The van der Waals surface area contributed by atoms with Crippen LogP contribution in [0.4, 0.5) is 5.13 Å². The normalized spacial score (nSPS) is 18.4. The van der Waals surface area contributed by atoms with Gasteiger partial charge in [0.2, 0.25) is 5.91 Å². The van der Waals surface area contributed by atoms with E-state index in [-0.39, 0.29) is 17.9 Å². The minimum atomic E-state index is 0.106. The molecule has 1 heterocycles. The van der Waals surface area contributed by atoms with Crippen LogP contribution in [-0.2, 0) is 4.79 Å². The Morgan fingerprint density at radius 3 is 2.89 bits per heavy atom. The molecule has 1 amide bonds. The lowest BCUT2D eigenvalue weighted by Gasteiger charge is -2.09. The minimum absolute atomic E-state index is 0.106. The molecule has 18 heavy (non-hydrogen) atoms. The molecule has 1 aromatic rings. The topological polar surface area (TPSA) is 54.0 Å². The van der Waals surface area contributed by atoms with Gasteiger partial charge in [-0.1, -0.05) is 13.8 Å². The average Bonchev–Trinajstić information content (AvgIpc) is 3.09. The van der Waals surface area contributed by atoms with Crippen molar-refractivity contribution in [3.05, 3.63) is 11.1 Å². The smallest absolute Gasteiger partial charge is 0.229 e. The third-order valence-corrected chi connectivity index (χ3v) is 4.22. The minimum Gasteiger partial charge on any atom is -0.309 e. The van der Waals surface area contributed by atoms with Crippen LogP contribution in [0.25, 0.3) is 0 Å². The Labute approximate surface area is 112 Å². The van der Waals surface area contributed by atoms with Crippen molar-refractivity contribution in [1.82, 2.24) is 10.3 Å². The zero-order valence-corrected chi connectivity index (χ0v) is 12.0. The average molecular weight is 267 g/mol. The Morgan fingerprint density at radius 1 is 1.56 bits per heavy atom. The molecule has 0 aliphatic heterocycles. The maximum absolute atomic E-state index is 11.9. The third kappa shape index (κ3) is 3.29. The third-order valence-electron chi connectivity index (χ3n) is 3.45. The molecule has 1 saturated carbocycles. The van der Waals surface area contributed by atoms with Crippen LogP contribution in [0.5, 0.6) is 0 Å². The summed E-state index contributed by atoms with van der Waals surface area (Å²) in [5, 5.41) is 8.95. The predicted octanol–water partition coefficient (Wildman–Crippen LogP) is 2.80. The van der Waals surface area contributed by atoms with Crippen LogP contribution in [0.15, 0.2) is 5.38 Å². The van der Waals surface area contributed by atoms with E-state index in [0.717, 1.165) is 12.2 Å². The van der Waals surface area contributed by atoms with E-state index >= 15 is 0 Å². The molecule has 1 fully saturated rings. The molecule has 2 rings (SSSR count). The van der Waals surface area contributed by atoms with Gasteiger partial charge in [0.15, 0.2) is 5.13 Å². The maximum Gasteiger partial charge on any atom is 0.229 e. The molecule has 0 bridgehead atoms. The van der Waals surface area contributed by atoms with E-state index in [1.165, 1.54) is 24.2 Å². The summed E-state index contributed by atoms with van der Waals surface area (Å²) in [6, 6.07) is 0.234. The van der Waals surface area contributed by atoms with Crippen LogP contribution in [0.3, 0.4) is 0 Å². The van der Waals surface area contributed by atoms with Crippen molar-refractivity contribution in [3.63, 3.8) is 0 Å². The lowest BCUT2D eigenvalue weighted by Crippen LogP contribution is -2.22. The molecule has 2 unspecified atom stereocenters. The van der Waals surface area contributed by atoms with Crippen LogP contribution < -0.4 is 10.6 Å². The number of nitrogens with zero attached hydrogens (tertiary/aromatic N) is 1. The van der Waals surface area contributed by atoms with E-state index in [0.29, 0.717) is 11.0 Å². The fourth-order valence-corrected chi connectivity index (χ4v) is 2.79. The highest BCUT2D eigenvalue weighted by Crippen LogP contribution is 2.37. The second kappa shape index (κ2) is 5.80. The summed E-state index contributed by atoms with van der Waals surface area (Å²) in [6.45, 7) is 7.07. The first-order valence-electron chi connectivity index (χ1n) is 6.61. The predicted molar refractivity (Wildman–Crippen MR) is 74.7 cm³/mol. The molecule has 5 heteroatoms.